The number of nitrogens with one attached hydrogen (secondary N) is 1. The minimum Gasteiger partial charge on any atom is -0.460 e. The highest BCUT2D eigenvalue weighted by molar-refractivity contribution is 5.98. The standard InChI is InChI=1S/C50H68N2O10/c1-47(2,3)61-42(54)19-17-35(28-53)51-44(55)38-11-8-22-52(38)45(56)32-25-39(43-40(26-32)59-50(62-43,33-13-14-33)34-15-16-34)58-46(57)31-10-7-9-29(24-31)23-30-12-18-41-49(6,60-41)21-20-37-36(30)27-48(37,4)5/h7,9-10,23-24,26,33-41,43,53H,8,11-22,25,27-28H2,1-6H3,(H,51,55). The van der Waals surface area contributed by atoms with E-state index in [1.54, 1.807) is 31.7 Å². The predicted octanol–water partition coefficient (Wildman–Crippen LogP) is 7.21. The van der Waals surface area contributed by atoms with Crippen LogP contribution in [0.4, 0.5) is 0 Å². The largest absolute Gasteiger partial charge is 0.460 e. The Hall–Kier alpha value is -3.58. The third kappa shape index (κ3) is 8.91. The van der Waals surface area contributed by atoms with Gasteiger partial charge in [0.1, 0.15) is 30.0 Å². The van der Waals surface area contributed by atoms with Crippen molar-refractivity contribution in [2.75, 3.05) is 13.2 Å². The van der Waals surface area contributed by atoms with E-state index >= 15 is 0 Å². The molecular formula is C50H68N2O10. The molecule has 12 nitrogen and oxygen atoms in total. The Balaban J connectivity index is 0.911. The molecule has 9 unspecified atom stereocenters. The molecule has 1 aromatic rings. The molecule has 3 aliphatic heterocycles. The maximum atomic E-state index is 14.5. The average molecular weight is 857 g/mol. The van der Waals surface area contributed by atoms with Gasteiger partial charge in [-0.05, 0) is 146 Å². The van der Waals surface area contributed by atoms with Gasteiger partial charge in [0.15, 0.2) is 5.79 Å². The van der Waals surface area contributed by atoms with E-state index in [9.17, 15) is 24.3 Å². The Labute approximate surface area is 366 Å². The summed E-state index contributed by atoms with van der Waals surface area (Å²) in [4.78, 5) is 56.4. The molecule has 9 atom stereocenters. The zero-order valence-corrected chi connectivity index (χ0v) is 37.6. The minimum atomic E-state index is -0.778. The predicted molar refractivity (Wildman–Crippen MR) is 230 cm³/mol. The van der Waals surface area contributed by atoms with Crippen molar-refractivity contribution >= 4 is 29.8 Å². The molecule has 1 aromatic carbocycles. The number of amides is 2. The number of esters is 2. The summed E-state index contributed by atoms with van der Waals surface area (Å²) in [5, 5.41) is 13.0. The number of aliphatic hydroxyl groups excluding tert-OH is 1. The molecule has 12 heteroatoms. The van der Waals surface area contributed by atoms with E-state index in [1.165, 1.54) is 18.4 Å². The molecule has 2 N–H and O–H groups in total. The highest BCUT2D eigenvalue weighted by Crippen LogP contribution is 2.61. The number of hydrogen-bond acceptors (Lipinski definition) is 10. The fraction of sp³-hybridized carbons (Fsp3) is 0.720. The molecule has 3 saturated heterocycles. The molecule has 3 heterocycles. The first-order chi connectivity index (χ1) is 29.4. The quantitative estimate of drug-likeness (QED) is 0.163. The lowest BCUT2D eigenvalue weighted by Crippen LogP contribution is -2.51. The fourth-order valence-corrected chi connectivity index (χ4v) is 11.6. The zero-order valence-electron chi connectivity index (χ0n) is 37.6. The number of hydrogen-bond donors (Lipinski definition) is 2. The van der Waals surface area contributed by atoms with Crippen LogP contribution in [0.25, 0.3) is 6.08 Å². The number of nitrogens with zero attached hydrogens (tertiary/aromatic N) is 1. The normalized spacial score (nSPS) is 34.5. The molecule has 0 radical (unpaired) electrons. The van der Waals surface area contributed by atoms with Gasteiger partial charge in [-0.3, -0.25) is 14.4 Å². The summed E-state index contributed by atoms with van der Waals surface area (Å²) in [7, 11) is 0. The summed E-state index contributed by atoms with van der Waals surface area (Å²) in [5.41, 5.74) is 2.97. The molecule has 8 aliphatic rings. The van der Waals surface area contributed by atoms with Crippen molar-refractivity contribution in [1.29, 1.82) is 0 Å². The van der Waals surface area contributed by atoms with Gasteiger partial charge >= 0.3 is 11.9 Å². The summed E-state index contributed by atoms with van der Waals surface area (Å²) in [6.07, 6.45) is 13.5. The third-order valence-electron chi connectivity index (χ3n) is 15.3. The molecule has 62 heavy (non-hydrogen) atoms. The van der Waals surface area contributed by atoms with E-state index in [-0.39, 0.29) is 55.1 Å². The van der Waals surface area contributed by atoms with Crippen molar-refractivity contribution in [3.8, 4) is 0 Å². The molecule has 9 rings (SSSR count). The van der Waals surface area contributed by atoms with Crippen LogP contribution in [0.1, 0.15) is 147 Å². The maximum Gasteiger partial charge on any atom is 0.338 e. The number of rotatable bonds is 12. The Morgan fingerprint density at radius 2 is 1.76 bits per heavy atom. The van der Waals surface area contributed by atoms with Gasteiger partial charge in [-0.15, -0.1) is 0 Å². The van der Waals surface area contributed by atoms with Gasteiger partial charge in [0.25, 0.3) is 0 Å². The monoisotopic (exact) mass is 856 g/mol. The Morgan fingerprint density at radius 1 is 1.00 bits per heavy atom. The highest BCUT2D eigenvalue weighted by Gasteiger charge is 2.65. The van der Waals surface area contributed by atoms with E-state index < -0.39 is 53.7 Å². The summed E-state index contributed by atoms with van der Waals surface area (Å²) in [5.74, 6) is -0.617. The van der Waals surface area contributed by atoms with Gasteiger partial charge in [0, 0.05) is 36.8 Å². The van der Waals surface area contributed by atoms with Crippen LogP contribution in [0.15, 0.2) is 41.5 Å². The van der Waals surface area contributed by atoms with Crippen molar-refractivity contribution in [1.82, 2.24) is 10.2 Å². The van der Waals surface area contributed by atoms with Crippen LogP contribution >= 0.6 is 0 Å². The van der Waals surface area contributed by atoms with Crippen LogP contribution in [0.2, 0.25) is 0 Å². The topological polar surface area (TPSA) is 153 Å². The van der Waals surface area contributed by atoms with Crippen LogP contribution < -0.4 is 5.32 Å². The second-order valence-corrected chi connectivity index (χ2v) is 21.7. The van der Waals surface area contributed by atoms with E-state index in [1.807, 2.05) is 18.2 Å². The van der Waals surface area contributed by atoms with Crippen LogP contribution in [0.5, 0.6) is 0 Å². The summed E-state index contributed by atoms with van der Waals surface area (Å²) in [6, 6.07) is 6.26. The lowest BCUT2D eigenvalue weighted by Gasteiger charge is -2.53. The second kappa shape index (κ2) is 16.4. The molecule has 4 saturated carbocycles. The van der Waals surface area contributed by atoms with Crippen LogP contribution in [0, 0.1) is 29.1 Å². The number of benzene rings is 1. The number of ether oxygens (including phenoxy) is 5. The van der Waals surface area contributed by atoms with Crippen molar-refractivity contribution in [3.05, 3.63) is 52.6 Å². The minimum absolute atomic E-state index is 0.0124. The lowest BCUT2D eigenvalue weighted by molar-refractivity contribution is -0.209. The van der Waals surface area contributed by atoms with Gasteiger partial charge in [-0.25, -0.2) is 4.79 Å². The van der Waals surface area contributed by atoms with Gasteiger partial charge in [-0.2, -0.15) is 0 Å². The first-order valence-corrected chi connectivity index (χ1v) is 23.6. The summed E-state index contributed by atoms with van der Waals surface area (Å²) in [6.45, 7) is 12.4. The Morgan fingerprint density at radius 3 is 2.45 bits per heavy atom. The van der Waals surface area contributed by atoms with Gasteiger partial charge < -0.3 is 39.0 Å². The number of carbonyl (C=O) groups is 4. The van der Waals surface area contributed by atoms with E-state index in [4.69, 9.17) is 23.7 Å². The molecule has 338 valence electrons. The van der Waals surface area contributed by atoms with Crippen molar-refractivity contribution in [3.63, 3.8) is 0 Å². The van der Waals surface area contributed by atoms with Crippen molar-refractivity contribution < 1.29 is 48.0 Å². The number of allylic oxidation sites excluding steroid dienone is 1. The van der Waals surface area contributed by atoms with Crippen LogP contribution in [0.3, 0.4) is 0 Å². The van der Waals surface area contributed by atoms with Gasteiger partial charge in [0.05, 0.1) is 29.9 Å². The smallest absolute Gasteiger partial charge is 0.338 e. The first kappa shape index (κ1) is 43.7. The summed E-state index contributed by atoms with van der Waals surface area (Å²) < 4.78 is 31.7. The molecule has 0 aromatic heterocycles. The third-order valence-corrected chi connectivity index (χ3v) is 15.3. The molecule has 0 spiro atoms. The van der Waals surface area contributed by atoms with E-state index in [0.717, 1.165) is 50.5 Å². The average Bonchev–Trinajstić information content (AvgIpc) is 4.18. The molecule has 7 fully saturated rings. The Kier molecular flexibility index (Phi) is 11.6. The number of carbonyl (C=O) groups excluding carboxylic acids is 4. The fourth-order valence-electron chi connectivity index (χ4n) is 11.6. The Bertz CT molecular complexity index is 1980. The molecule has 2 amide bonds. The maximum absolute atomic E-state index is 14.5. The summed E-state index contributed by atoms with van der Waals surface area (Å²) >= 11 is 0. The number of likely N-dealkylation sites (tertiary alicyclic amines) is 1. The number of fused-ring (bicyclic) bond motifs is 3. The van der Waals surface area contributed by atoms with Gasteiger partial charge in [0.2, 0.25) is 11.8 Å². The van der Waals surface area contributed by atoms with Crippen LogP contribution in [-0.4, -0.2) is 100 Å². The molecular weight excluding hydrogens is 789 g/mol. The zero-order chi connectivity index (χ0) is 43.8. The lowest BCUT2D eigenvalue weighted by atomic mass is 9.52. The number of aliphatic hydroxyl groups is 1. The van der Waals surface area contributed by atoms with Crippen molar-refractivity contribution in [2.24, 2.45) is 29.1 Å². The van der Waals surface area contributed by atoms with Gasteiger partial charge in [-0.1, -0.05) is 37.6 Å². The SMILES string of the molecule is CC(C)(C)OC(=O)CCC(CO)NC(=O)C1CCCN1C(=O)C1=CC2OC(C3CC3)(C3CC3)OC2C(OC(=O)c2cccc(C=C3CCC4OC4(C)CCC4C3CC4(C)C)c2)C1. The highest BCUT2D eigenvalue weighted by atomic mass is 16.8. The van der Waals surface area contributed by atoms with E-state index in [0.29, 0.717) is 53.9 Å². The molecule has 0 bridgehead atoms. The van der Waals surface area contributed by atoms with E-state index in [2.05, 4.69) is 38.2 Å². The first-order valence-electron chi connectivity index (χ1n) is 23.6. The second-order valence-electron chi connectivity index (χ2n) is 21.7. The molecule has 5 aliphatic carbocycles. The van der Waals surface area contributed by atoms with Crippen LogP contribution in [-0.2, 0) is 38.1 Å². The number of epoxide rings is 1. The van der Waals surface area contributed by atoms with Crippen molar-refractivity contribution in [2.45, 2.75) is 185 Å².